The highest BCUT2D eigenvalue weighted by Gasteiger charge is 2.34. The van der Waals surface area contributed by atoms with Gasteiger partial charge in [-0.2, -0.15) is 0 Å². The standard InChI is InChI=1S/C20H23N3OS/c1-14-2-7-19(21-12-14)25-17-5-3-16(4-6-17)20(24)22-18-13-23-10-8-15(18)9-11-23/h2-7,12,15,18H,8-11,13H2,1H3,(H,22,24)/t18-/m0/s1. The molecule has 130 valence electrons. The average molecular weight is 353 g/mol. The van der Waals surface area contributed by atoms with Crippen molar-refractivity contribution >= 4 is 17.7 Å². The summed E-state index contributed by atoms with van der Waals surface area (Å²) in [6.45, 7) is 5.42. The minimum Gasteiger partial charge on any atom is -0.348 e. The average Bonchev–Trinajstić information content (AvgIpc) is 2.65. The van der Waals surface area contributed by atoms with E-state index in [1.54, 1.807) is 11.8 Å². The lowest BCUT2D eigenvalue weighted by Crippen LogP contribution is -2.57. The van der Waals surface area contributed by atoms with Crippen molar-refractivity contribution in [3.05, 3.63) is 53.7 Å². The summed E-state index contributed by atoms with van der Waals surface area (Å²) < 4.78 is 0. The van der Waals surface area contributed by atoms with Crippen LogP contribution in [0.3, 0.4) is 0 Å². The molecular formula is C20H23N3OS. The number of nitrogens with one attached hydrogen (secondary N) is 1. The fourth-order valence-corrected chi connectivity index (χ4v) is 4.45. The minimum absolute atomic E-state index is 0.0451. The first-order valence-corrected chi connectivity index (χ1v) is 9.73. The Hall–Kier alpha value is -1.85. The van der Waals surface area contributed by atoms with Gasteiger partial charge < -0.3 is 10.2 Å². The largest absolute Gasteiger partial charge is 0.348 e. The first-order valence-electron chi connectivity index (χ1n) is 8.91. The van der Waals surface area contributed by atoms with Crippen molar-refractivity contribution in [3.8, 4) is 0 Å². The molecule has 3 fully saturated rings. The first-order chi connectivity index (χ1) is 12.2. The molecule has 2 aromatic rings. The molecule has 25 heavy (non-hydrogen) atoms. The number of fused-ring (bicyclic) bond motifs is 3. The molecule has 1 aromatic carbocycles. The van der Waals surface area contributed by atoms with E-state index in [1.807, 2.05) is 43.5 Å². The summed E-state index contributed by atoms with van der Waals surface area (Å²) in [6.07, 6.45) is 4.30. The third-order valence-electron chi connectivity index (χ3n) is 5.20. The van der Waals surface area contributed by atoms with Crippen LogP contribution in [0.5, 0.6) is 0 Å². The van der Waals surface area contributed by atoms with Crippen LogP contribution in [-0.2, 0) is 0 Å². The van der Waals surface area contributed by atoms with Crippen LogP contribution in [0.4, 0.5) is 0 Å². The van der Waals surface area contributed by atoms with Crippen LogP contribution in [0.2, 0.25) is 0 Å². The highest BCUT2D eigenvalue weighted by atomic mass is 32.2. The highest BCUT2D eigenvalue weighted by molar-refractivity contribution is 7.99. The van der Waals surface area contributed by atoms with E-state index in [9.17, 15) is 4.79 Å². The zero-order chi connectivity index (χ0) is 17.2. The molecule has 5 rings (SSSR count). The van der Waals surface area contributed by atoms with E-state index in [0.29, 0.717) is 12.0 Å². The van der Waals surface area contributed by atoms with Gasteiger partial charge in [0.2, 0.25) is 0 Å². The number of amides is 1. The Morgan fingerprint density at radius 1 is 1.16 bits per heavy atom. The fraction of sp³-hybridized carbons (Fsp3) is 0.400. The molecule has 0 aliphatic carbocycles. The fourth-order valence-electron chi connectivity index (χ4n) is 3.69. The maximum atomic E-state index is 12.5. The van der Waals surface area contributed by atoms with E-state index in [1.165, 1.54) is 25.9 Å². The van der Waals surface area contributed by atoms with Gasteiger partial charge >= 0.3 is 0 Å². The Morgan fingerprint density at radius 3 is 2.52 bits per heavy atom. The molecule has 1 amide bonds. The molecule has 4 heterocycles. The molecule has 4 nitrogen and oxygen atoms in total. The smallest absolute Gasteiger partial charge is 0.251 e. The number of hydrogen-bond acceptors (Lipinski definition) is 4. The molecule has 0 saturated carbocycles. The van der Waals surface area contributed by atoms with Crippen LogP contribution in [0.25, 0.3) is 0 Å². The Labute approximate surface area is 153 Å². The second-order valence-corrected chi connectivity index (χ2v) is 8.11. The second kappa shape index (κ2) is 7.18. The molecule has 5 heteroatoms. The third kappa shape index (κ3) is 3.88. The summed E-state index contributed by atoms with van der Waals surface area (Å²) in [4.78, 5) is 20.5. The molecule has 0 radical (unpaired) electrons. The molecule has 3 aliphatic rings. The van der Waals surface area contributed by atoms with Crippen molar-refractivity contribution in [2.45, 2.75) is 35.7 Å². The Bertz CT molecular complexity index is 737. The van der Waals surface area contributed by atoms with Gasteiger partial charge in [0.15, 0.2) is 0 Å². The number of hydrogen-bond donors (Lipinski definition) is 1. The topological polar surface area (TPSA) is 45.2 Å². The number of carbonyl (C=O) groups is 1. The molecule has 0 unspecified atom stereocenters. The molecule has 3 aliphatic heterocycles. The van der Waals surface area contributed by atoms with Crippen LogP contribution >= 0.6 is 11.8 Å². The molecule has 1 N–H and O–H groups in total. The van der Waals surface area contributed by atoms with Crippen molar-refractivity contribution in [2.24, 2.45) is 5.92 Å². The molecular weight excluding hydrogens is 330 g/mol. The predicted molar refractivity (Wildman–Crippen MR) is 100.0 cm³/mol. The summed E-state index contributed by atoms with van der Waals surface area (Å²) in [5.41, 5.74) is 1.89. The van der Waals surface area contributed by atoms with Crippen molar-refractivity contribution < 1.29 is 4.79 Å². The maximum Gasteiger partial charge on any atom is 0.251 e. The summed E-state index contributed by atoms with van der Waals surface area (Å²) in [5, 5.41) is 4.21. The predicted octanol–water partition coefficient (Wildman–Crippen LogP) is 3.37. The van der Waals surface area contributed by atoms with Crippen molar-refractivity contribution in [1.82, 2.24) is 15.2 Å². The van der Waals surface area contributed by atoms with Crippen LogP contribution < -0.4 is 5.32 Å². The Kier molecular flexibility index (Phi) is 4.77. The number of aryl methyl sites for hydroxylation is 1. The van der Waals surface area contributed by atoms with E-state index >= 15 is 0 Å². The second-order valence-electron chi connectivity index (χ2n) is 7.02. The number of aromatic nitrogens is 1. The van der Waals surface area contributed by atoms with Crippen molar-refractivity contribution in [3.63, 3.8) is 0 Å². The SMILES string of the molecule is Cc1ccc(Sc2ccc(C(=O)N[C@H]3CN4CCC3CC4)cc2)nc1. The van der Waals surface area contributed by atoms with Crippen LogP contribution in [0, 0.1) is 12.8 Å². The van der Waals surface area contributed by atoms with E-state index in [4.69, 9.17) is 0 Å². The van der Waals surface area contributed by atoms with E-state index < -0.39 is 0 Å². The van der Waals surface area contributed by atoms with Crippen LogP contribution in [0.1, 0.15) is 28.8 Å². The number of carbonyl (C=O) groups excluding carboxylic acids is 1. The number of benzene rings is 1. The van der Waals surface area contributed by atoms with Gasteiger partial charge in [-0.25, -0.2) is 4.98 Å². The minimum atomic E-state index is 0.0451. The summed E-state index contributed by atoms with van der Waals surface area (Å²) in [7, 11) is 0. The third-order valence-corrected chi connectivity index (χ3v) is 6.15. The molecule has 1 aromatic heterocycles. The number of pyridine rings is 1. The normalized spacial score (nSPS) is 24.9. The van der Waals surface area contributed by atoms with Crippen molar-refractivity contribution in [2.75, 3.05) is 19.6 Å². The summed E-state index contributed by atoms with van der Waals surface area (Å²) >= 11 is 1.61. The first kappa shape index (κ1) is 16.6. The van der Waals surface area contributed by atoms with Gasteiger partial charge in [0, 0.05) is 29.2 Å². The zero-order valence-electron chi connectivity index (χ0n) is 14.4. The van der Waals surface area contributed by atoms with E-state index in [0.717, 1.165) is 27.6 Å². The lowest BCUT2D eigenvalue weighted by molar-refractivity contribution is 0.0620. The quantitative estimate of drug-likeness (QED) is 0.915. The summed E-state index contributed by atoms with van der Waals surface area (Å²) in [5.74, 6) is 0.695. The summed E-state index contributed by atoms with van der Waals surface area (Å²) in [6, 6.07) is 12.2. The van der Waals surface area contributed by atoms with E-state index in [2.05, 4.69) is 21.3 Å². The van der Waals surface area contributed by atoms with Gasteiger partial charge in [0.05, 0.1) is 0 Å². The van der Waals surface area contributed by atoms with E-state index in [-0.39, 0.29) is 5.91 Å². The number of nitrogens with zero attached hydrogens (tertiary/aromatic N) is 2. The van der Waals surface area contributed by atoms with Crippen molar-refractivity contribution in [1.29, 1.82) is 0 Å². The molecule has 2 bridgehead atoms. The molecule has 3 saturated heterocycles. The molecule has 0 spiro atoms. The van der Waals surface area contributed by atoms with Gasteiger partial charge in [-0.1, -0.05) is 17.8 Å². The highest BCUT2D eigenvalue weighted by Crippen LogP contribution is 2.28. The molecule has 1 atom stereocenters. The van der Waals surface area contributed by atoms with Gasteiger partial charge in [0.1, 0.15) is 5.03 Å². The zero-order valence-corrected chi connectivity index (χ0v) is 15.3. The lowest BCUT2D eigenvalue weighted by atomic mass is 9.84. The van der Waals surface area contributed by atoms with Crippen LogP contribution in [-0.4, -0.2) is 41.5 Å². The maximum absolute atomic E-state index is 12.5. The van der Waals surface area contributed by atoms with Gasteiger partial charge in [-0.15, -0.1) is 0 Å². The van der Waals surface area contributed by atoms with Gasteiger partial charge in [0.25, 0.3) is 5.91 Å². The number of piperidine rings is 3. The van der Waals surface area contributed by atoms with Gasteiger partial charge in [-0.05, 0) is 74.7 Å². The van der Waals surface area contributed by atoms with Crippen LogP contribution in [0.15, 0.2) is 52.5 Å². The lowest BCUT2D eigenvalue weighted by Gasteiger charge is -2.44. The Balaban J connectivity index is 1.38. The van der Waals surface area contributed by atoms with Gasteiger partial charge in [-0.3, -0.25) is 4.79 Å². The number of rotatable bonds is 4. The monoisotopic (exact) mass is 353 g/mol. The Morgan fingerprint density at radius 2 is 1.92 bits per heavy atom.